The average molecular weight is 362 g/mol. The van der Waals surface area contributed by atoms with E-state index in [-0.39, 0.29) is 11.7 Å². The quantitative estimate of drug-likeness (QED) is 0.875. The maximum atomic E-state index is 12.4. The second-order valence-corrected chi connectivity index (χ2v) is 9.78. The number of carbonyl (C=O) groups is 1. The van der Waals surface area contributed by atoms with Gasteiger partial charge in [0.15, 0.2) is 0 Å². The number of nitrogens with one attached hydrogen (secondary N) is 1. The van der Waals surface area contributed by atoms with Crippen LogP contribution in [0.1, 0.15) is 54.4 Å². The first-order valence-electron chi connectivity index (χ1n) is 9.39. The van der Waals surface area contributed by atoms with Crippen LogP contribution in [0.3, 0.4) is 0 Å². The van der Waals surface area contributed by atoms with Crippen LogP contribution in [0.15, 0.2) is 24.3 Å². The first-order chi connectivity index (χ1) is 12.0. The molecule has 3 unspecified atom stereocenters. The molecule has 1 aliphatic heterocycles. The molecule has 1 saturated heterocycles. The van der Waals surface area contributed by atoms with Crippen LogP contribution in [-0.4, -0.2) is 37.8 Å². The summed E-state index contributed by atoms with van der Waals surface area (Å²) in [6.45, 7) is 1.26. The average Bonchev–Trinajstić information content (AvgIpc) is 3.33. The van der Waals surface area contributed by atoms with Gasteiger partial charge in [-0.2, -0.15) is 0 Å². The van der Waals surface area contributed by atoms with Gasteiger partial charge in [0, 0.05) is 24.7 Å². The van der Waals surface area contributed by atoms with Crippen LogP contribution < -0.4 is 5.32 Å². The number of nitrogens with zero attached hydrogens (tertiary/aromatic N) is 1. The van der Waals surface area contributed by atoms with E-state index in [1.165, 1.54) is 19.3 Å². The molecular formula is C19H26N2O3S. The summed E-state index contributed by atoms with van der Waals surface area (Å²) in [6, 6.07) is 7.35. The van der Waals surface area contributed by atoms with Gasteiger partial charge >= 0.3 is 0 Å². The molecule has 1 heterocycles. The minimum absolute atomic E-state index is 0.0152. The Labute approximate surface area is 149 Å². The maximum Gasteiger partial charge on any atom is 0.251 e. The van der Waals surface area contributed by atoms with E-state index in [1.54, 1.807) is 28.6 Å². The van der Waals surface area contributed by atoms with Crippen LogP contribution in [0.25, 0.3) is 0 Å². The Morgan fingerprint density at radius 2 is 1.80 bits per heavy atom. The largest absolute Gasteiger partial charge is 0.349 e. The molecule has 5 nitrogen and oxygen atoms in total. The van der Waals surface area contributed by atoms with E-state index in [0.29, 0.717) is 30.6 Å². The minimum atomic E-state index is -3.24. The Kier molecular flexibility index (Phi) is 4.58. The highest BCUT2D eigenvalue weighted by Crippen LogP contribution is 2.44. The van der Waals surface area contributed by atoms with Gasteiger partial charge in [0.2, 0.25) is 10.0 Å². The van der Waals surface area contributed by atoms with Crippen molar-refractivity contribution in [1.29, 1.82) is 0 Å². The van der Waals surface area contributed by atoms with Gasteiger partial charge in [-0.15, -0.1) is 0 Å². The molecule has 1 amide bonds. The van der Waals surface area contributed by atoms with Gasteiger partial charge in [0.05, 0.1) is 5.75 Å². The summed E-state index contributed by atoms with van der Waals surface area (Å²) >= 11 is 0. The lowest BCUT2D eigenvalue weighted by molar-refractivity contribution is 0.0923. The molecule has 4 rings (SSSR count). The Morgan fingerprint density at radius 3 is 2.40 bits per heavy atom. The van der Waals surface area contributed by atoms with E-state index in [9.17, 15) is 13.2 Å². The third kappa shape index (κ3) is 3.60. The van der Waals surface area contributed by atoms with Crippen LogP contribution >= 0.6 is 0 Å². The molecule has 25 heavy (non-hydrogen) atoms. The molecule has 3 atom stereocenters. The van der Waals surface area contributed by atoms with Crippen molar-refractivity contribution in [3.8, 4) is 0 Å². The summed E-state index contributed by atoms with van der Waals surface area (Å²) in [5, 5.41) is 3.17. The fraction of sp³-hybridized carbons (Fsp3) is 0.632. The molecule has 2 aliphatic carbocycles. The van der Waals surface area contributed by atoms with Crippen LogP contribution in [0.4, 0.5) is 0 Å². The van der Waals surface area contributed by atoms with E-state index in [4.69, 9.17) is 0 Å². The number of benzene rings is 1. The van der Waals surface area contributed by atoms with E-state index >= 15 is 0 Å². The minimum Gasteiger partial charge on any atom is -0.349 e. The van der Waals surface area contributed by atoms with E-state index in [0.717, 1.165) is 30.7 Å². The number of hydrogen-bond acceptors (Lipinski definition) is 3. The second-order valence-electron chi connectivity index (χ2n) is 7.81. The second kappa shape index (κ2) is 6.72. The molecule has 3 aliphatic rings. The lowest BCUT2D eigenvalue weighted by atomic mass is 9.95. The fourth-order valence-corrected chi connectivity index (χ4v) is 6.30. The lowest BCUT2D eigenvalue weighted by Crippen LogP contribution is -2.38. The highest BCUT2D eigenvalue weighted by Gasteiger charge is 2.40. The molecule has 3 fully saturated rings. The standard InChI is InChI=1S/C19H26N2O3S/c22-19(20-18-12-15-5-8-17(18)11-15)16-6-3-14(4-7-16)13-25(23,24)21-9-1-2-10-21/h3-4,6-7,15,17-18H,1-2,5,8-13H2,(H,20,22). The van der Waals surface area contributed by atoms with Crippen molar-refractivity contribution in [3.05, 3.63) is 35.4 Å². The Morgan fingerprint density at radius 1 is 1.08 bits per heavy atom. The monoisotopic (exact) mass is 362 g/mol. The SMILES string of the molecule is O=C(NC1CC2CCC1C2)c1ccc(CS(=O)(=O)N2CCCC2)cc1. The van der Waals surface area contributed by atoms with Crippen molar-refractivity contribution in [3.63, 3.8) is 0 Å². The smallest absolute Gasteiger partial charge is 0.251 e. The van der Waals surface area contributed by atoms with Gasteiger partial charge in [-0.3, -0.25) is 4.79 Å². The number of carbonyl (C=O) groups excluding carboxylic acids is 1. The summed E-state index contributed by atoms with van der Waals surface area (Å²) in [4.78, 5) is 12.4. The van der Waals surface area contributed by atoms with Gasteiger partial charge in [-0.1, -0.05) is 18.6 Å². The summed E-state index contributed by atoms with van der Waals surface area (Å²) in [5.41, 5.74) is 1.36. The molecular weight excluding hydrogens is 336 g/mol. The van der Waals surface area contributed by atoms with Crippen LogP contribution in [0.2, 0.25) is 0 Å². The highest BCUT2D eigenvalue weighted by molar-refractivity contribution is 7.88. The van der Waals surface area contributed by atoms with Gasteiger partial charge < -0.3 is 5.32 Å². The normalized spacial score (nSPS) is 29.2. The Hall–Kier alpha value is -1.40. The van der Waals surface area contributed by atoms with Gasteiger partial charge in [0.25, 0.3) is 5.91 Å². The van der Waals surface area contributed by atoms with Gasteiger partial charge in [0.1, 0.15) is 0 Å². The molecule has 2 saturated carbocycles. The molecule has 0 radical (unpaired) electrons. The Bertz CT molecular complexity index is 738. The van der Waals surface area contributed by atoms with Crippen molar-refractivity contribution in [1.82, 2.24) is 9.62 Å². The fourth-order valence-electron chi connectivity index (χ4n) is 4.69. The van der Waals surface area contributed by atoms with Crippen molar-refractivity contribution >= 4 is 15.9 Å². The summed E-state index contributed by atoms with van der Waals surface area (Å²) in [6.07, 6.45) is 6.82. The highest BCUT2D eigenvalue weighted by atomic mass is 32.2. The molecule has 2 bridgehead atoms. The summed E-state index contributed by atoms with van der Waals surface area (Å²) < 4.78 is 26.3. The third-order valence-electron chi connectivity index (χ3n) is 6.08. The topological polar surface area (TPSA) is 66.5 Å². The molecule has 0 aromatic heterocycles. The summed E-state index contributed by atoms with van der Waals surface area (Å²) in [7, 11) is -3.24. The predicted octanol–water partition coefficient (Wildman–Crippen LogP) is 2.53. The molecule has 1 aromatic rings. The van der Waals surface area contributed by atoms with Crippen LogP contribution in [-0.2, 0) is 15.8 Å². The zero-order valence-electron chi connectivity index (χ0n) is 14.5. The zero-order chi connectivity index (χ0) is 17.4. The van der Waals surface area contributed by atoms with Gasteiger partial charge in [-0.05, 0) is 61.6 Å². The predicted molar refractivity (Wildman–Crippen MR) is 96.6 cm³/mol. The number of sulfonamides is 1. The first kappa shape index (κ1) is 17.0. The van der Waals surface area contributed by atoms with Crippen molar-refractivity contribution in [2.45, 2.75) is 50.3 Å². The van der Waals surface area contributed by atoms with Crippen molar-refractivity contribution in [2.75, 3.05) is 13.1 Å². The van der Waals surface area contributed by atoms with E-state index in [1.807, 2.05) is 0 Å². The molecule has 6 heteroatoms. The number of fused-ring (bicyclic) bond motifs is 2. The lowest BCUT2D eigenvalue weighted by Gasteiger charge is -2.23. The molecule has 1 aromatic carbocycles. The Balaban J connectivity index is 1.37. The molecule has 0 spiro atoms. The first-order valence-corrected chi connectivity index (χ1v) is 11.0. The van der Waals surface area contributed by atoms with Crippen molar-refractivity contribution in [2.24, 2.45) is 11.8 Å². The number of amides is 1. The third-order valence-corrected chi connectivity index (χ3v) is 7.93. The summed E-state index contributed by atoms with van der Waals surface area (Å²) in [5.74, 6) is 1.43. The molecule has 1 N–H and O–H groups in total. The van der Waals surface area contributed by atoms with Gasteiger partial charge in [-0.25, -0.2) is 12.7 Å². The zero-order valence-corrected chi connectivity index (χ0v) is 15.3. The molecule has 136 valence electrons. The van der Waals surface area contributed by atoms with E-state index in [2.05, 4.69) is 5.32 Å². The van der Waals surface area contributed by atoms with E-state index < -0.39 is 10.0 Å². The number of hydrogen-bond donors (Lipinski definition) is 1. The van der Waals surface area contributed by atoms with Crippen LogP contribution in [0.5, 0.6) is 0 Å². The number of rotatable bonds is 5. The van der Waals surface area contributed by atoms with Crippen molar-refractivity contribution < 1.29 is 13.2 Å². The maximum absolute atomic E-state index is 12.4. The van der Waals surface area contributed by atoms with Crippen LogP contribution in [0, 0.1) is 11.8 Å².